The van der Waals surface area contributed by atoms with E-state index in [4.69, 9.17) is 23.2 Å². The maximum absolute atomic E-state index is 13.0. The minimum atomic E-state index is -0.854. The summed E-state index contributed by atoms with van der Waals surface area (Å²) in [7, 11) is 0. The summed E-state index contributed by atoms with van der Waals surface area (Å²) in [4.78, 5) is 0. The molecule has 0 amide bonds. The number of aliphatic hydroxyl groups is 1. The van der Waals surface area contributed by atoms with Crippen molar-refractivity contribution in [2.24, 2.45) is 0 Å². The molecule has 0 radical (unpaired) electrons. The van der Waals surface area contributed by atoms with E-state index in [0.717, 1.165) is 0 Å². The van der Waals surface area contributed by atoms with Gasteiger partial charge in [-0.2, -0.15) is 0 Å². The second kappa shape index (κ2) is 5.74. The molecule has 0 saturated carbocycles. The Labute approximate surface area is 128 Å². The lowest BCUT2D eigenvalue weighted by molar-refractivity contribution is 0.219. The number of hydrogen-bond donors (Lipinski definition) is 1. The van der Waals surface area contributed by atoms with Gasteiger partial charge in [-0.05, 0) is 58.0 Å². The molecule has 5 heteroatoms. The normalized spacial score (nSPS) is 12.5. The van der Waals surface area contributed by atoms with Crippen LogP contribution in [0.25, 0.3) is 0 Å². The van der Waals surface area contributed by atoms with Gasteiger partial charge in [0.1, 0.15) is 11.9 Å². The fraction of sp³-hybridized carbons (Fsp3) is 0.0769. The predicted molar refractivity (Wildman–Crippen MR) is 79.6 cm³/mol. The molecule has 2 rings (SSSR count). The first kappa shape index (κ1) is 14.1. The Morgan fingerprint density at radius 3 is 2.39 bits per heavy atom. The molecule has 2 aromatic rings. The van der Waals surface area contributed by atoms with Gasteiger partial charge in [0.2, 0.25) is 0 Å². The molecular weight excluding hydrogens is 389 g/mol. The van der Waals surface area contributed by atoms with E-state index in [1.165, 1.54) is 12.1 Å². The van der Waals surface area contributed by atoms with E-state index in [0.29, 0.717) is 24.7 Å². The van der Waals surface area contributed by atoms with Gasteiger partial charge >= 0.3 is 0 Å². The number of aliphatic hydroxyl groups excluding tert-OH is 1. The highest BCUT2D eigenvalue weighted by Crippen LogP contribution is 2.30. The van der Waals surface area contributed by atoms with Crippen molar-refractivity contribution in [3.05, 3.63) is 67.0 Å². The van der Waals surface area contributed by atoms with Crippen LogP contribution in [0, 0.1) is 9.39 Å². The molecule has 0 aliphatic rings. The molecule has 2 aromatic carbocycles. The molecule has 0 aromatic heterocycles. The third-order valence-corrected chi connectivity index (χ3v) is 4.19. The minimum Gasteiger partial charge on any atom is -0.384 e. The number of halogens is 4. The maximum atomic E-state index is 13.0. The van der Waals surface area contributed by atoms with E-state index >= 15 is 0 Å². The zero-order valence-electron chi connectivity index (χ0n) is 9.00. The summed E-state index contributed by atoms with van der Waals surface area (Å²) >= 11 is 13.7. The van der Waals surface area contributed by atoms with Gasteiger partial charge in [-0.3, -0.25) is 0 Å². The first-order valence-electron chi connectivity index (χ1n) is 5.07. The SMILES string of the molecule is OC(c1ccc(Cl)c(Cl)c1)c1ccc(F)cc1I. The van der Waals surface area contributed by atoms with Crippen LogP contribution >= 0.6 is 45.8 Å². The van der Waals surface area contributed by atoms with E-state index < -0.39 is 6.10 Å². The highest BCUT2D eigenvalue weighted by atomic mass is 127. The van der Waals surface area contributed by atoms with E-state index in [1.807, 2.05) is 22.6 Å². The smallest absolute Gasteiger partial charge is 0.124 e. The van der Waals surface area contributed by atoms with Crippen LogP contribution in [-0.2, 0) is 0 Å². The van der Waals surface area contributed by atoms with Crippen LogP contribution in [-0.4, -0.2) is 5.11 Å². The average Bonchev–Trinajstić information content (AvgIpc) is 2.32. The van der Waals surface area contributed by atoms with Gasteiger partial charge in [-0.1, -0.05) is 35.3 Å². The Bertz CT molecular complexity index is 589. The zero-order chi connectivity index (χ0) is 13.3. The van der Waals surface area contributed by atoms with Crippen LogP contribution in [0.15, 0.2) is 36.4 Å². The molecule has 0 fully saturated rings. The molecule has 1 atom stereocenters. The van der Waals surface area contributed by atoms with Crippen LogP contribution in [0.3, 0.4) is 0 Å². The summed E-state index contributed by atoms with van der Waals surface area (Å²) in [5, 5.41) is 11.1. The summed E-state index contributed by atoms with van der Waals surface area (Å²) in [6.45, 7) is 0. The lowest BCUT2D eigenvalue weighted by Crippen LogP contribution is -2.02. The second-order valence-electron chi connectivity index (χ2n) is 3.74. The predicted octanol–water partition coefficient (Wildman–Crippen LogP) is 4.82. The monoisotopic (exact) mass is 396 g/mol. The summed E-state index contributed by atoms with van der Waals surface area (Å²) in [5.41, 5.74) is 1.25. The highest BCUT2D eigenvalue weighted by molar-refractivity contribution is 14.1. The van der Waals surface area contributed by atoms with Crippen molar-refractivity contribution in [3.8, 4) is 0 Å². The highest BCUT2D eigenvalue weighted by Gasteiger charge is 2.15. The molecule has 0 aliphatic carbocycles. The Kier molecular flexibility index (Phi) is 4.48. The molecule has 0 saturated heterocycles. The molecule has 94 valence electrons. The third kappa shape index (κ3) is 2.96. The second-order valence-corrected chi connectivity index (χ2v) is 5.72. The molecule has 1 unspecified atom stereocenters. The number of hydrogen-bond acceptors (Lipinski definition) is 1. The van der Waals surface area contributed by atoms with Crippen molar-refractivity contribution in [1.29, 1.82) is 0 Å². The Hall–Kier alpha value is -0.360. The molecular formula is C13H8Cl2FIO. The Morgan fingerprint density at radius 1 is 1.06 bits per heavy atom. The van der Waals surface area contributed by atoms with Gasteiger partial charge in [0.05, 0.1) is 10.0 Å². The van der Waals surface area contributed by atoms with Gasteiger partial charge in [0.25, 0.3) is 0 Å². The Morgan fingerprint density at radius 2 is 1.78 bits per heavy atom. The molecule has 1 N–H and O–H groups in total. The average molecular weight is 397 g/mol. The van der Waals surface area contributed by atoms with E-state index in [9.17, 15) is 9.50 Å². The van der Waals surface area contributed by atoms with E-state index in [1.54, 1.807) is 24.3 Å². The van der Waals surface area contributed by atoms with Crippen molar-refractivity contribution < 1.29 is 9.50 Å². The fourth-order valence-corrected chi connectivity index (χ4v) is 2.66. The van der Waals surface area contributed by atoms with Gasteiger partial charge in [-0.25, -0.2) is 4.39 Å². The van der Waals surface area contributed by atoms with Gasteiger partial charge in [-0.15, -0.1) is 0 Å². The summed E-state index contributed by atoms with van der Waals surface area (Å²) < 4.78 is 13.7. The van der Waals surface area contributed by atoms with Crippen LogP contribution in [0.5, 0.6) is 0 Å². The lowest BCUT2D eigenvalue weighted by atomic mass is 10.0. The number of rotatable bonds is 2. The topological polar surface area (TPSA) is 20.2 Å². The zero-order valence-corrected chi connectivity index (χ0v) is 12.7. The van der Waals surface area contributed by atoms with Crippen molar-refractivity contribution in [3.63, 3.8) is 0 Å². The minimum absolute atomic E-state index is 0.329. The van der Waals surface area contributed by atoms with Gasteiger partial charge < -0.3 is 5.11 Å². The molecule has 0 spiro atoms. The van der Waals surface area contributed by atoms with E-state index in [-0.39, 0.29) is 5.82 Å². The van der Waals surface area contributed by atoms with Gasteiger partial charge in [0.15, 0.2) is 0 Å². The van der Waals surface area contributed by atoms with Gasteiger partial charge in [0, 0.05) is 3.57 Å². The van der Waals surface area contributed by atoms with Crippen molar-refractivity contribution in [2.75, 3.05) is 0 Å². The maximum Gasteiger partial charge on any atom is 0.124 e. The standard InChI is InChI=1S/C13H8Cl2FIO/c14-10-4-1-7(5-11(10)15)13(18)9-3-2-8(16)6-12(9)17/h1-6,13,18H. The van der Waals surface area contributed by atoms with Crippen LogP contribution in [0.4, 0.5) is 4.39 Å². The summed E-state index contributed by atoms with van der Waals surface area (Å²) in [5.74, 6) is -0.329. The van der Waals surface area contributed by atoms with Crippen LogP contribution in [0.1, 0.15) is 17.2 Å². The Balaban J connectivity index is 2.41. The van der Waals surface area contributed by atoms with Crippen LogP contribution < -0.4 is 0 Å². The summed E-state index contributed by atoms with van der Waals surface area (Å²) in [6.07, 6.45) is -0.854. The fourth-order valence-electron chi connectivity index (χ4n) is 1.59. The first-order chi connectivity index (χ1) is 8.49. The van der Waals surface area contributed by atoms with Crippen molar-refractivity contribution in [1.82, 2.24) is 0 Å². The molecule has 18 heavy (non-hydrogen) atoms. The van der Waals surface area contributed by atoms with Crippen molar-refractivity contribution >= 4 is 45.8 Å². The summed E-state index contributed by atoms with van der Waals surface area (Å²) in [6, 6.07) is 9.17. The quantitative estimate of drug-likeness (QED) is 0.721. The first-order valence-corrected chi connectivity index (χ1v) is 6.90. The molecule has 0 bridgehead atoms. The largest absolute Gasteiger partial charge is 0.384 e. The number of benzene rings is 2. The lowest BCUT2D eigenvalue weighted by Gasteiger charge is -2.14. The van der Waals surface area contributed by atoms with Crippen LogP contribution in [0.2, 0.25) is 10.0 Å². The molecule has 0 heterocycles. The third-order valence-electron chi connectivity index (χ3n) is 2.52. The van der Waals surface area contributed by atoms with E-state index in [2.05, 4.69) is 0 Å². The van der Waals surface area contributed by atoms with Crippen molar-refractivity contribution in [2.45, 2.75) is 6.10 Å². The molecule has 1 nitrogen and oxygen atoms in total. The molecule has 0 aliphatic heterocycles.